The van der Waals surface area contributed by atoms with Crippen LogP contribution < -0.4 is 11.1 Å². The number of hydrogen-bond donors (Lipinski definition) is 2. The van der Waals surface area contributed by atoms with Gasteiger partial charge in [0.25, 0.3) is 5.91 Å². The Morgan fingerprint density at radius 3 is 2.63 bits per heavy atom. The molecule has 2 rings (SSSR count). The first-order chi connectivity index (χ1) is 8.99. The topological polar surface area (TPSA) is 55.1 Å². The lowest BCUT2D eigenvalue weighted by Crippen LogP contribution is -2.14. The molecule has 0 bridgehead atoms. The summed E-state index contributed by atoms with van der Waals surface area (Å²) < 4.78 is 0. The molecular formula is C14H12Cl2N2O. The molecular weight excluding hydrogens is 283 g/mol. The second-order valence-electron chi connectivity index (χ2n) is 4.15. The third kappa shape index (κ3) is 3.00. The van der Waals surface area contributed by atoms with Gasteiger partial charge < -0.3 is 11.1 Å². The van der Waals surface area contributed by atoms with Crippen LogP contribution in [0.1, 0.15) is 15.9 Å². The van der Waals surface area contributed by atoms with Crippen molar-refractivity contribution in [2.45, 2.75) is 6.92 Å². The van der Waals surface area contributed by atoms with E-state index in [2.05, 4.69) is 5.32 Å². The van der Waals surface area contributed by atoms with E-state index < -0.39 is 0 Å². The number of nitrogens with one attached hydrogen (secondary N) is 1. The zero-order chi connectivity index (χ0) is 14.0. The molecule has 0 aromatic heterocycles. The standard InChI is InChI=1S/C14H12Cl2N2O/c1-8-5-6-9(11(17)7-8)14(19)18-12-4-2-3-10(15)13(12)16/h2-7H,17H2,1H3,(H,18,19). The molecule has 0 heterocycles. The second-order valence-corrected chi connectivity index (χ2v) is 4.93. The molecule has 0 aliphatic rings. The van der Waals surface area contributed by atoms with Gasteiger partial charge >= 0.3 is 0 Å². The van der Waals surface area contributed by atoms with E-state index >= 15 is 0 Å². The number of amides is 1. The van der Waals surface area contributed by atoms with Gasteiger partial charge in [-0.25, -0.2) is 0 Å². The number of halogens is 2. The average molecular weight is 295 g/mol. The van der Waals surface area contributed by atoms with Crippen LogP contribution in [0.3, 0.4) is 0 Å². The van der Waals surface area contributed by atoms with Crippen LogP contribution in [0.15, 0.2) is 36.4 Å². The number of anilines is 2. The molecule has 19 heavy (non-hydrogen) atoms. The highest BCUT2D eigenvalue weighted by molar-refractivity contribution is 6.44. The molecule has 98 valence electrons. The lowest BCUT2D eigenvalue weighted by Gasteiger charge is -2.10. The van der Waals surface area contributed by atoms with Crippen molar-refractivity contribution in [2.75, 3.05) is 11.1 Å². The Morgan fingerprint density at radius 1 is 1.21 bits per heavy atom. The van der Waals surface area contributed by atoms with E-state index in [0.29, 0.717) is 27.0 Å². The van der Waals surface area contributed by atoms with Gasteiger partial charge in [-0.1, -0.05) is 35.3 Å². The Bertz CT molecular complexity index is 641. The minimum absolute atomic E-state index is 0.309. The van der Waals surface area contributed by atoms with Gasteiger partial charge in [-0.05, 0) is 36.8 Å². The van der Waals surface area contributed by atoms with Crippen LogP contribution in [-0.4, -0.2) is 5.91 Å². The van der Waals surface area contributed by atoms with E-state index in [0.717, 1.165) is 5.56 Å². The molecule has 3 nitrogen and oxygen atoms in total. The van der Waals surface area contributed by atoms with Gasteiger partial charge in [-0.2, -0.15) is 0 Å². The summed E-state index contributed by atoms with van der Waals surface area (Å²) in [5.41, 5.74) is 8.11. The zero-order valence-electron chi connectivity index (χ0n) is 10.2. The molecule has 0 aliphatic heterocycles. The van der Waals surface area contributed by atoms with Crippen LogP contribution in [0.4, 0.5) is 11.4 Å². The van der Waals surface area contributed by atoms with Crippen molar-refractivity contribution in [1.82, 2.24) is 0 Å². The first kappa shape index (κ1) is 13.7. The number of carbonyl (C=O) groups excluding carboxylic acids is 1. The molecule has 0 fully saturated rings. The van der Waals surface area contributed by atoms with Crippen LogP contribution in [0, 0.1) is 6.92 Å². The first-order valence-electron chi connectivity index (χ1n) is 5.60. The van der Waals surface area contributed by atoms with E-state index in [1.165, 1.54) is 0 Å². The second kappa shape index (κ2) is 5.51. The van der Waals surface area contributed by atoms with E-state index in [-0.39, 0.29) is 5.91 Å². The van der Waals surface area contributed by atoms with Crippen molar-refractivity contribution in [3.05, 3.63) is 57.6 Å². The van der Waals surface area contributed by atoms with Crippen LogP contribution >= 0.6 is 23.2 Å². The quantitative estimate of drug-likeness (QED) is 0.818. The zero-order valence-corrected chi connectivity index (χ0v) is 11.7. The van der Waals surface area contributed by atoms with Gasteiger partial charge in [-0.3, -0.25) is 4.79 Å². The first-order valence-corrected chi connectivity index (χ1v) is 6.36. The molecule has 0 atom stereocenters. The summed E-state index contributed by atoms with van der Waals surface area (Å²) in [6, 6.07) is 10.3. The minimum Gasteiger partial charge on any atom is -0.398 e. The highest BCUT2D eigenvalue weighted by Gasteiger charge is 2.12. The summed E-state index contributed by atoms with van der Waals surface area (Å²) >= 11 is 11.9. The number of hydrogen-bond acceptors (Lipinski definition) is 2. The molecule has 0 spiro atoms. The Labute approximate surface area is 121 Å². The Morgan fingerprint density at radius 2 is 1.95 bits per heavy atom. The number of nitrogens with two attached hydrogens (primary N) is 1. The van der Waals surface area contributed by atoms with Crippen LogP contribution in [0.2, 0.25) is 10.0 Å². The largest absolute Gasteiger partial charge is 0.398 e. The van der Waals surface area contributed by atoms with E-state index in [1.807, 2.05) is 13.0 Å². The highest BCUT2D eigenvalue weighted by atomic mass is 35.5. The molecule has 1 amide bonds. The normalized spacial score (nSPS) is 10.3. The number of benzene rings is 2. The van der Waals surface area contributed by atoms with Gasteiger partial charge in [0.05, 0.1) is 21.3 Å². The monoisotopic (exact) mass is 294 g/mol. The van der Waals surface area contributed by atoms with Gasteiger partial charge in [0.15, 0.2) is 0 Å². The number of aryl methyl sites for hydroxylation is 1. The highest BCUT2D eigenvalue weighted by Crippen LogP contribution is 2.30. The van der Waals surface area contributed by atoms with Gasteiger partial charge in [0.2, 0.25) is 0 Å². The third-order valence-corrected chi connectivity index (χ3v) is 3.47. The van der Waals surface area contributed by atoms with Crippen molar-refractivity contribution in [3.8, 4) is 0 Å². The van der Waals surface area contributed by atoms with Gasteiger partial charge in [-0.15, -0.1) is 0 Å². The fraction of sp³-hybridized carbons (Fsp3) is 0.0714. The molecule has 0 saturated heterocycles. The SMILES string of the molecule is Cc1ccc(C(=O)Nc2cccc(Cl)c2Cl)c(N)c1. The summed E-state index contributed by atoms with van der Waals surface area (Å²) in [5, 5.41) is 3.39. The summed E-state index contributed by atoms with van der Waals surface area (Å²) in [6.07, 6.45) is 0. The predicted octanol–water partition coefficient (Wildman–Crippen LogP) is 4.14. The molecule has 3 N–H and O–H groups in total. The summed E-state index contributed by atoms with van der Waals surface area (Å²) in [4.78, 5) is 12.1. The third-order valence-electron chi connectivity index (χ3n) is 2.65. The fourth-order valence-corrected chi connectivity index (χ4v) is 2.03. The maximum atomic E-state index is 12.1. The minimum atomic E-state index is -0.318. The Hall–Kier alpha value is -1.71. The van der Waals surface area contributed by atoms with Gasteiger partial charge in [0, 0.05) is 5.69 Å². The molecule has 0 radical (unpaired) electrons. The fourth-order valence-electron chi connectivity index (χ4n) is 1.68. The van der Waals surface area contributed by atoms with Crippen molar-refractivity contribution in [2.24, 2.45) is 0 Å². The molecule has 0 aliphatic carbocycles. The van der Waals surface area contributed by atoms with Gasteiger partial charge in [0.1, 0.15) is 0 Å². The summed E-state index contributed by atoms with van der Waals surface area (Å²) in [7, 11) is 0. The summed E-state index contributed by atoms with van der Waals surface area (Å²) in [5.74, 6) is -0.318. The number of nitrogen functional groups attached to an aromatic ring is 1. The van der Waals surface area contributed by atoms with Crippen molar-refractivity contribution < 1.29 is 4.79 Å². The Kier molecular flexibility index (Phi) is 3.98. The smallest absolute Gasteiger partial charge is 0.257 e. The molecule has 2 aromatic rings. The van der Waals surface area contributed by atoms with E-state index in [4.69, 9.17) is 28.9 Å². The maximum Gasteiger partial charge on any atom is 0.257 e. The van der Waals surface area contributed by atoms with Crippen molar-refractivity contribution in [1.29, 1.82) is 0 Å². The lowest BCUT2D eigenvalue weighted by atomic mass is 10.1. The van der Waals surface area contributed by atoms with Crippen molar-refractivity contribution in [3.63, 3.8) is 0 Å². The molecule has 2 aromatic carbocycles. The molecule has 5 heteroatoms. The van der Waals surface area contributed by atoms with Crippen LogP contribution in [-0.2, 0) is 0 Å². The van der Waals surface area contributed by atoms with E-state index in [9.17, 15) is 4.79 Å². The predicted molar refractivity (Wildman–Crippen MR) is 80.0 cm³/mol. The average Bonchev–Trinajstić information content (AvgIpc) is 2.34. The van der Waals surface area contributed by atoms with E-state index in [1.54, 1.807) is 30.3 Å². The maximum absolute atomic E-state index is 12.1. The number of rotatable bonds is 2. The Balaban J connectivity index is 2.28. The molecule has 0 saturated carbocycles. The number of carbonyl (C=O) groups is 1. The molecule has 0 unspecified atom stereocenters. The summed E-state index contributed by atoms with van der Waals surface area (Å²) in [6.45, 7) is 1.91. The van der Waals surface area contributed by atoms with Crippen molar-refractivity contribution >= 4 is 40.5 Å². The lowest BCUT2D eigenvalue weighted by molar-refractivity contribution is 0.102. The van der Waals surface area contributed by atoms with Crippen LogP contribution in [0.25, 0.3) is 0 Å². The van der Waals surface area contributed by atoms with Crippen LogP contribution in [0.5, 0.6) is 0 Å².